The van der Waals surface area contributed by atoms with Crippen molar-refractivity contribution >= 4 is 22.9 Å². The van der Waals surface area contributed by atoms with E-state index in [1.54, 1.807) is 10.8 Å². The highest BCUT2D eigenvalue weighted by molar-refractivity contribution is 5.96. The molecule has 0 N–H and O–H groups in total. The topological polar surface area (TPSA) is 47.8 Å². The van der Waals surface area contributed by atoms with Crippen molar-refractivity contribution in [2.45, 2.75) is 19.4 Å². The number of carbonyl (C=O) groups is 1. The van der Waals surface area contributed by atoms with Crippen LogP contribution in [0.2, 0.25) is 0 Å². The minimum atomic E-state index is -0.111. The minimum absolute atomic E-state index is 0.0858. The number of ketones is 1. The Morgan fingerprint density at radius 2 is 1.92 bits per heavy atom. The molecule has 1 unspecified atom stereocenters. The molecule has 0 fully saturated rings. The molecule has 0 aliphatic heterocycles. The van der Waals surface area contributed by atoms with Gasteiger partial charge in [0.15, 0.2) is 0 Å². The van der Waals surface area contributed by atoms with Crippen molar-refractivity contribution in [2.75, 3.05) is 0 Å². The van der Waals surface area contributed by atoms with E-state index >= 15 is 0 Å². The Bertz CT molecular complexity index is 929. The number of Topliss-reactive ketones (excluding diaryl/α,β-unsaturated/α-hetero) is 1. The number of nitrogens with zero attached hydrogens (tertiary/aromatic N) is 3. The van der Waals surface area contributed by atoms with Crippen LogP contribution in [0.15, 0.2) is 60.7 Å². The number of hydrogen-bond acceptors (Lipinski definition) is 3. The maximum Gasteiger partial charge on any atom is 0.207 e. The lowest BCUT2D eigenvalue weighted by Crippen LogP contribution is -2.11. The summed E-state index contributed by atoms with van der Waals surface area (Å²) in [7, 11) is 0. The molecule has 2 aromatic carbocycles. The van der Waals surface area contributed by atoms with Gasteiger partial charge < -0.3 is 0 Å². The zero-order valence-corrected chi connectivity index (χ0v) is 13.4. The molecule has 4 heteroatoms. The van der Waals surface area contributed by atoms with Crippen molar-refractivity contribution < 1.29 is 4.79 Å². The molecule has 1 heterocycles. The lowest BCUT2D eigenvalue weighted by Gasteiger charge is -2.09. The zero-order valence-electron chi connectivity index (χ0n) is 13.4. The SMILES string of the molecule is CC(CC(=O)C#CC=Cc1ccccc1)n1nnc2ccccc21. The molecule has 0 amide bonds. The molecule has 118 valence electrons. The van der Waals surface area contributed by atoms with Crippen molar-refractivity contribution in [2.24, 2.45) is 0 Å². The molecule has 4 nitrogen and oxygen atoms in total. The first kappa shape index (κ1) is 15.7. The monoisotopic (exact) mass is 315 g/mol. The molecule has 1 atom stereocenters. The minimum Gasteiger partial charge on any atom is -0.285 e. The second kappa shape index (κ2) is 7.38. The number of para-hydroxylation sites is 1. The highest BCUT2D eigenvalue weighted by Crippen LogP contribution is 2.17. The molecule has 0 aliphatic rings. The van der Waals surface area contributed by atoms with Gasteiger partial charge in [0.2, 0.25) is 5.78 Å². The van der Waals surface area contributed by atoms with Crippen molar-refractivity contribution in [3.63, 3.8) is 0 Å². The summed E-state index contributed by atoms with van der Waals surface area (Å²) in [5.41, 5.74) is 2.81. The average molecular weight is 315 g/mol. The molecule has 3 aromatic rings. The third kappa shape index (κ3) is 3.76. The van der Waals surface area contributed by atoms with Crippen LogP contribution in [0.1, 0.15) is 24.9 Å². The third-order valence-corrected chi connectivity index (χ3v) is 3.65. The maximum atomic E-state index is 12.0. The van der Waals surface area contributed by atoms with Gasteiger partial charge in [-0.15, -0.1) is 5.10 Å². The first-order valence-electron chi connectivity index (χ1n) is 7.80. The summed E-state index contributed by atoms with van der Waals surface area (Å²) in [4.78, 5) is 12.0. The van der Waals surface area contributed by atoms with Crippen molar-refractivity contribution in [3.05, 3.63) is 66.2 Å². The number of allylic oxidation sites excluding steroid dienone is 1. The van der Waals surface area contributed by atoms with Gasteiger partial charge in [0, 0.05) is 6.42 Å². The van der Waals surface area contributed by atoms with Gasteiger partial charge >= 0.3 is 0 Å². The van der Waals surface area contributed by atoms with Crippen LogP contribution in [0.25, 0.3) is 17.1 Å². The number of fused-ring (bicyclic) bond motifs is 1. The summed E-state index contributed by atoms with van der Waals surface area (Å²) >= 11 is 0. The molecule has 0 saturated heterocycles. The van der Waals surface area contributed by atoms with Gasteiger partial charge in [-0.25, -0.2) is 4.68 Å². The van der Waals surface area contributed by atoms with E-state index in [1.165, 1.54) is 0 Å². The van der Waals surface area contributed by atoms with E-state index in [9.17, 15) is 4.79 Å². The van der Waals surface area contributed by atoms with E-state index in [4.69, 9.17) is 0 Å². The third-order valence-electron chi connectivity index (χ3n) is 3.65. The van der Waals surface area contributed by atoms with E-state index in [0.717, 1.165) is 16.6 Å². The lowest BCUT2D eigenvalue weighted by molar-refractivity contribution is -0.114. The van der Waals surface area contributed by atoms with E-state index < -0.39 is 0 Å². The fraction of sp³-hybridized carbons (Fsp3) is 0.150. The van der Waals surface area contributed by atoms with Gasteiger partial charge in [0.25, 0.3) is 0 Å². The Labute approximate surface area is 140 Å². The van der Waals surface area contributed by atoms with E-state index in [-0.39, 0.29) is 11.8 Å². The molecular weight excluding hydrogens is 298 g/mol. The standard InChI is InChI=1S/C20H17N3O/c1-16(23-20-14-8-7-13-19(20)21-22-23)15-18(24)12-6-5-11-17-9-3-2-4-10-17/h2-5,7-11,13-14,16H,15H2,1H3. The highest BCUT2D eigenvalue weighted by atomic mass is 16.1. The predicted octanol–water partition coefficient (Wildman–Crippen LogP) is 3.67. The van der Waals surface area contributed by atoms with Crippen LogP contribution in [-0.2, 0) is 4.79 Å². The van der Waals surface area contributed by atoms with Gasteiger partial charge in [0.05, 0.1) is 11.6 Å². The summed E-state index contributed by atoms with van der Waals surface area (Å²) in [6.07, 6.45) is 3.89. The second-order valence-corrected chi connectivity index (χ2v) is 5.51. The number of hydrogen-bond donors (Lipinski definition) is 0. The Morgan fingerprint density at radius 1 is 1.17 bits per heavy atom. The predicted molar refractivity (Wildman–Crippen MR) is 95.1 cm³/mol. The van der Waals surface area contributed by atoms with Crippen LogP contribution in [0.4, 0.5) is 0 Å². The van der Waals surface area contributed by atoms with Crippen LogP contribution < -0.4 is 0 Å². The normalized spacial score (nSPS) is 12.0. The van der Waals surface area contributed by atoms with Crippen LogP contribution in [0, 0.1) is 11.8 Å². The van der Waals surface area contributed by atoms with E-state index in [1.807, 2.05) is 67.6 Å². The summed E-state index contributed by atoms with van der Waals surface area (Å²) in [5, 5.41) is 8.25. The number of carbonyl (C=O) groups excluding carboxylic acids is 1. The Morgan fingerprint density at radius 3 is 2.75 bits per heavy atom. The smallest absolute Gasteiger partial charge is 0.207 e. The molecule has 0 bridgehead atoms. The molecular formula is C20H17N3O. The van der Waals surface area contributed by atoms with Gasteiger partial charge in [0.1, 0.15) is 5.52 Å². The van der Waals surface area contributed by atoms with Crippen LogP contribution in [0.3, 0.4) is 0 Å². The number of rotatable bonds is 4. The molecule has 1 aromatic heterocycles. The fourth-order valence-corrected chi connectivity index (χ4v) is 2.44. The molecule has 0 radical (unpaired) electrons. The number of benzene rings is 2. The first-order valence-corrected chi connectivity index (χ1v) is 7.80. The summed E-state index contributed by atoms with van der Waals surface area (Å²) in [6.45, 7) is 1.94. The van der Waals surface area contributed by atoms with Crippen molar-refractivity contribution in [1.82, 2.24) is 15.0 Å². The molecule has 24 heavy (non-hydrogen) atoms. The summed E-state index contributed by atoms with van der Waals surface area (Å²) in [6, 6.07) is 17.5. The van der Waals surface area contributed by atoms with Crippen molar-refractivity contribution in [3.8, 4) is 11.8 Å². The molecule has 3 rings (SSSR count). The summed E-state index contributed by atoms with van der Waals surface area (Å²) in [5.74, 6) is 5.34. The Hall–Kier alpha value is -3.19. The Balaban J connectivity index is 1.63. The molecule has 0 spiro atoms. The molecule has 0 saturated carbocycles. The second-order valence-electron chi connectivity index (χ2n) is 5.51. The molecule has 0 aliphatic carbocycles. The van der Waals surface area contributed by atoms with Crippen LogP contribution in [-0.4, -0.2) is 20.8 Å². The van der Waals surface area contributed by atoms with Gasteiger partial charge in [-0.05, 0) is 42.7 Å². The summed E-state index contributed by atoms with van der Waals surface area (Å²) < 4.78 is 1.77. The largest absolute Gasteiger partial charge is 0.285 e. The average Bonchev–Trinajstić information content (AvgIpc) is 3.04. The van der Waals surface area contributed by atoms with Crippen LogP contribution in [0.5, 0.6) is 0 Å². The van der Waals surface area contributed by atoms with E-state index in [2.05, 4.69) is 22.2 Å². The van der Waals surface area contributed by atoms with Crippen LogP contribution >= 0.6 is 0 Å². The fourth-order valence-electron chi connectivity index (χ4n) is 2.44. The van der Waals surface area contributed by atoms with Gasteiger partial charge in [-0.3, -0.25) is 4.79 Å². The number of aromatic nitrogens is 3. The Kier molecular flexibility index (Phi) is 4.83. The van der Waals surface area contributed by atoms with E-state index in [0.29, 0.717) is 6.42 Å². The lowest BCUT2D eigenvalue weighted by atomic mass is 10.1. The van der Waals surface area contributed by atoms with Gasteiger partial charge in [-0.2, -0.15) is 0 Å². The van der Waals surface area contributed by atoms with Gasteiger partial charge in [-0.1, -0.05) is 53.6 Å². The zero-order chi connectivity index (χ0) is 16.8. The first-order chi connectivity index (χ1) is 11.7. The van der Waals surface area contributed by atoms with Crippen molar-refractivity contribution in [1.29, 1.82) is 0 Å². The highest BCUT2D eigenvalue weighted by Gasteiger charge is 2.13. The quantitative estimate of drug-likeness (QED) is 0.545. The maximum absolute atomic E-state index is 12.0.